The molecule has 112 valence electrons. The third-order valence-corrected chi connectivity index (χ3v) is 3.87. The number of halogens is 1. The van der Waals surface area contributed by atoms with Gasteiger partial charge in [0, 0.05) is 23.7 Å². The summed E-state index contributed by atoms with van der Waals surface area (Å²) in [6, 6.07) is 8.99. The highest BCUT2D eigenvalue weighted by Crippen LogP contribution is 2.24. The Hall–Kier alpha value is -2.33. The van der Waals surface area contributed by atoms with Crippen LogP contribution in [0, 0.1) is 13.8 Å². The maximum Gasteiger partial charge on any atom is 0.253 e. The van der Waals surface area contributed by atoms with Gasteiger partial charge in [-0.15, -0.1) is 0 Å². The largest absolute Gasteiger partial charge is 0.466 e. The van der Waals surface area contributed by atoms with Crippen molar-refractivity contribution < 1.29 is 9.21 Å². The van der Waals surface area contributed by atoms with Crippen LogP contribution in [0.5, 0.6) is 0 Å². The van der Waals surface area contributed by atoms with Crippen molar-refractivity contribution >= 4 is 28.4 Å². The predicted octanol–water partition coefficient (Wildman–Crippen LogP) is 4.03. The highest BCUT2D eigenvalue weighted by molar-refractivity contribution is 6.36. The number of carbonyl (C=O) groups is 1. The van der Waals surface area contributed by atoms with Crippen LogP contribution in [-0.2, 0) is 6.54 Å². The average molecular weight is 315 g/mol. The zero-order valence-electron chi connectivity index (χ0n) is 12.3. The number of rotatable bonds is 3. The lowest BCUT2D eigenvalue weighted by Crippen LogP contribution is -2.23. The Kier molecular flexibility index (Phi) is 3.86. The fourth-order valence-electron chi connectivity index (χ4n) is 2.45. The molecule has 22 heavy (non-hydrogen) atoms. The molecule has 4 nitrogen and oxygen atoms in total. The lowest BCUT2D eigenvalue weighted by molar-refractivity contribution is 0.0952. The number of aromatic nitrogens is 1. The Balaban J connectivity index is 1.87. The zero-order chi connectivity index (χ0) is 15.7. The number of carbonyl (C=O) groups excluding carboxylic acids is 1. The van der Waals surface area contributed by atoms with Crippen molar-refractivity contribution in [2.45, 2.75) is 20.4 Å². The number of benzene rings is 1. The summed E-state index contributed by atoms with van der Waals surface area (Å²) in [5.41, 5.74) is 2.09. The smallest absolute Gasteiger partial charge is 0.253 e. The van der Waals surface area contributed by atoms with Crippen molar-refractivity contribution in [3.63, 3.8) is 0 Å². The number of nitrogens with zero attached hydrogens (tertiary/aromatic N) is 1. The summed E-state index contributed by atoms with van der Waals surface area (Å²) in [5, 5.41) is 4.25. The van der Waals surface area contributed by atoms with Gasteiger partial charge < -0.3 is 9.73 Å². The molecular formula is C17H15ClN2O2. The maximum atomic E-state index is 12.4. The van der Waals surface area contributed by atoms with Gasteiger partial charge in [0.25, 0.3) is 5.91 Å². The van der Waals surface area contributed by atoms with Crippen LogP contribution in [0.15, 0.2) is 40.9 Å². The topological polar surface area (TPSA) is 55.1 Å². The van der Waals surface area contributed by atoms with Crippen molar-refractivity contribution in [2.24, 2.45) is 0 Å². The number of nitrogens with one attached hydrogen (secondary N) is 1. The summed E-state index contributed by atoms with van der Waals surface area (Å²) in [6.07, 6.45) is 1.65. The van der Waals surface area contributed by atoms with Crippen molar-refractivity contribution in [3.05, 3.63) is 64.2 Å². The van der Waals surface area contributed by atoms with E-state index in [1.807, 2.05) is 26.0 Å². The molecule has 0 saturated carbocycles. The Morgan fingerprint density at radius 3 is 2.86 bits per heavy atom. The molecule has 3 aromatic rings. The molecule has 1 amide bonds. The fourth-order valence-corrected chi connectivity index (χ4v) is 2.67. The van der Waals surface area contributed by atoms with Gasteiger partial charge in [0.1, 0.15) is 11.5 Å². The van der Waals surface area contributed by atoms with Gasteiger partial charge >= 0.3 is 0 Å². The minimum absolute atomic E-state index is 0.182. The quantitative estimate of drug-likeness (QED) is 0.794. The summed E-state index contributed by atoms with van der Waals surface area (Å²) < 4.78 is 5.46. The van der Waals surface area contributed by atoms with E-state index in [1.54, 1.807) is 24.4 Å². The zero-order valence-corrected chi connectivity index (χ0v) is 13.1. The fraction of sp³-hybridized carbons (Fsp3) is 0.176. The second-order valence-electron chi connectivity index (χ2n) is 5.12. The lowest BCUT2D eigenvalue weighted by atomic mass is 10.1. The van der Waals surface area contributed by atoms with Crippen molar-refractivity contribution in [1.82, 2.24) is 10.3 Å². The monoisotopic (exact) mass is 314 g/mol. The van der Waals surface area contributed by atoms with Gasteiger partial charge in [0.05, 0.1) is 16.1 Å². The van der Waals surface area contributed by atoms with Gasteiger partial charge in [0.2, 0.25) is 0 Å². The van der Waals surface area contributed by atoms with Gasteiger partial charge in [-0.05, 0) is 44.2 Å². The summed E-state index contributed by atoms with van der Waals surface area (Å²) in [7, 11) is 0. The van der Waals surface area contributed by atoms with Crippen LogP contribution in [-0.4, -0.2) is 10.9 Å². The molecule has 0 aliphatic rings. The molecule has 0 atom stereocenters. The Morgan fingerprint density at radius 2 is 2.14 bits per heavy atom. The van der Waals surface area contributed by atoms with Gasteiger partial charge in [-0.25, -0.2) is 0 Å². The highest BCUT2D eigenvalue weighted by atomic mass is 35.5. The maximum absolute atomic E-state index is 12.4. The average Bonchev–Trinajstić information content (AvgIpc) is 2.83. The number of fused-ring (bicyclic) bond motifs is 1. The highest BCUT2D eigenvalue weighted by Gasteiger charge is 2.13. The molecule has 0 saturated heterocycles. The van der Waals surface area contributed by atoms with Gasteiger partial charge in [-0.1, -0.05) is 11.6 Å². The third kappa shape index (κ3) is 2.70. The minimum atomic E-state index is -0.182. The molecule has 1 aromatic carbocycles. The van der Waals surface area contributed by atoms with Crippen molar-refractivity contribution in [2.75, 3.05) is 0 Å². The standard InChI is InChI=1S/C17H15ClN2O2/c1-10-8-12(11(2)22-10)9-20-17(21)14-5-6-15(18)13-4-3-7-19-16(13)14/h3-8H,9H2,1-2H3,(H,20,21). The molecule has 0 fully saturated rings. The molecule has 0 bridgehead atoms. The van der Waals surface area contributed by atoms with E-state index in [9.17, 15) is 4.79 Å². The molecule has 1 N–H and O–H groups in total. The van der Waals surface area contributed by atoms with E-state index >= 15 is 0 Å². The predicted molar refractivity (Wildman–Crippen MR) is 86.1 cm³/mol. The first kappa shape index (κ1) is 14.6. The second kappa shape index (κ2) is 5.81. The molecule has 3 rings (SSSR count). The van der Waals surface area contributed by atoms with Gasteiger partial charge in [-0.2, -0.15) is 0 Å². The molecule has 0 aliphatic carbocycles. The van der Waals surface area contributed by atoms with E-state index in [-0.39, 0.29) is 5.91 Å². The summed E-state index contributed by atoms with van der Waals surface area (Å²) in [4.78, 5) is 16.7. The lowest BCUT2D eigenvalue weighted by Gasteiger charge is -2.08. The second-order valence-corrected chi connectivity index (χ2v) is 5.52. The van der Waals surface area contributed by atoms with Crippen LogP contribution in [0.25, 0.3) is 10.9 Å². The molecular weight excluding hydrogens is 300 g/mol. The number of pyridine rings is 1. The van der Waals surface area contributed by atoms with Gasteiger partial charge in [0.15, 0.2) is 0 Å². The van der Waals surface area contributed by atoms with Crippen LogP contribution in [0.3, 0.4) is 0 Å². The molecule has 0 aliphatic heterocycles. The van der Waals surface area contributed by atoms with E-state index < -0.39 is 0 Å². The molecule has 2 aromatic heterocycles. The first-order chi connectivity index (χ1) is 10.6. The minimum Gasteiger partial charge on any atom is -0.466 e. The number of aryl methyl sites for hydroxylation is 2. The normalized spacial score (nSPS) is 10.9. The number of amides is 1. The SMILES string of the molecule is Cc1cc(CNC(=O)c2ccc(Cl)c3cccnc23)c(C)o1. The van der Waals surface area contributed by atoms with Crippen LogP contribution in [0.2, 0.25) is 5.02 Å². The van der Waals surface area contributed by atoms with E-state index in [1.165, 1.54) is 0 Å². The Labute approximate surface area is 133 Å². The third-order valence-electron chi connectivity index (χ3n) is 3.54. The van der Waals surface area contributed by atoms with Crippen LogP contribution >= 0.6 is 11.6 Å². The van der Waals surface area contributed by atoms with E-state index in [4.69, 9.17) is 16.0 Å². The van der Waals surface area contributed by atoms with Crippen molar-refractivity contribution in [1.29, 1.82) is 0 Å². The Morgan fingerprint density at radius 1 is 1.32 bits per heavy atom. The molecule has 0 unspecified atom stereocenters. The summed E-state index contributed by atoms with van der Waals surface area (Å²) in [6.45, 7) is 4.18. The summed E-state index contributed by atoms with van der Waals surface area (Å²) >= 11 is 6.15. The Bertz CT molecular complexity index is 855. The number of hydrogen-bond donors (Lipinski definition) is 1. The molecule has 0 spiro atoms. The molecule has 5 heteroatoms. The molecule has 0 radical (unpaired) electrons. The first-order valence-electron chi connectivity index (χ1n) is 6.93. The van der Waals surface area contributed by atoms with Gasteiger partial charge in [-0.3, -0.25) is 9.78 Å². The van der Waals surface area contributed by atoms with Crippen LogP contribution in [0.4, 0.5) is 0 Å². The van der Waals surface area contributed by atoms with Crippen molar-refractivity contribution in [3.8, 4) is 0 Å². The summed E-state index contributed by atoms with van der Waals surface area (Å²) in [5.74, 6) is 1.47. The van der Waals surface area contributed by atoms with E-state index in [0.717, 1.165) is 22.5 Å². The van der Waals surface area contributed by atoms with E-state index in [0.29, 0.717) is 22.6 Å². The first-order valence-corrected chi connectivity index (χ1v) is 7.31. The number of hydrogen-bond acceptors (Lipinski definition) is 3. The van der Waals surface area contributed by atoms with Crippen LogP contribution in [0.1, 0.15) is 27.4 Å². The molecule has 2 heterocycles. The van der Waals surface area contributed by atoms with Crippen LogP contribution < -0.4 is 5.32 Å². The van der Waals surface area contributed by atoms with E-state index in [2.05, 4.69) is 10.3 Å². The number of furan rings is 1.